The van der Waals surface area contributed by atoms with E-state index in [1.165, 1.54) is 19.3 Å². The summed E-state index contributed by atoms with van der Waals surface area (Å²) in [6.07, 6.45) is 6.53. The van der Waals surface area contributed by atoms with Gasteiger partial charge in [-0.15, -0.1) is 0 Å². The van der Waals surface area contributed by atoms with Crippen molar-refractivity contribution in [3.05, 3.63) is 42.0 Å². The third-order valence-electron chi connectivity index (χ3n) is 6.13. The fourth-order valence-electron chi connectivity index (χ4n) is 4.67. The first-order valence-corrected chi connectivity index (χ1v) is 9.04. The monoisotopic (exact) mass is 336 g/mol. The third kappa shape index (κ3) is 2.70. The van der Waals surface area contributed by atoms with Gasteiger partial charge in [0.25, 0.3) is 0 Å². The van der Waals surface area contributed by atoms with Crippen LogP contribution in [0.25, 0.3) is 10.8 Å². The second-order valence-corrected chi connectivity index (χ2v) is 7.47. The van der Waals surface area contributed by atoms with Gasteiger partial charge in [0.1, 0.15) is 5.75 Å². The van der Waals surface area contributed by atoms with Crippen LogP contribution in [-0.2, 0) is 4.79 Å². The minimum Gasteiger partial charge on any atom is -0.496 e. The Labute approximate surface area is 148 Å². The molecule has 2 aromatic carbocycles. The van der Waals surface area contributed by atoms with Crippen LogP contribution in [0.2, 0.25) is 0 Å². The van der Waals surface area contributed by atoms with Crippen molar-refractivity contribution in [2.75, 3.05) is 7.11 Å². The average molecular weight is 336 g/mol. The molecule has 1 amide bonds. The van der Waals surface area contributed by atoms with E-state index in [0.29, 0.717) is 5.92 Å². The number of amides is 1. The molecule has 2 fully saturated rings. The second-order valence-electron chi connectivity index (χ2n) is 7.47. The van der Waals surface area contributed by atoms with E-state index in [4.69, 9.17) is 4.74 Å². The van der Waals surface area contributed by atoms with Crippen LogP contribution < -0.4 is 10.2 Å². The van der Waals surface area contributed by atoms with Gasteiger partial charge in [-0.25, -0.2) is 5.43 Å². The largest absolute Gasteiger partial charge is 0.496 e. The van der Waals surface area contributed by atoms with Crippen LogP contribution in [0.1, 0.15) is 38.2 Å². The van der Waals surface area contributed by atoms with Crippen LogP contribution in [-0.4, -0.2) is 19.2 Å². The van der Waals surface area contributed by atoms with E-state index in [2.05, 4.69) is 23.5 Å². The SMILES string of the molecule is COc1ccc2ccccc2c1/C=N/NC(=O)[C@@H]1[C@H]2CCCC[C@]21C. The van der Waals surface area contributed by atoms with E-state index in [1.807, 2.05) is 30.3 Å². The summed E-state index contributed by atoms with van der Waals surface area (Å²) in [5, 5.41) is 6.43. The Balaban J connectivity index is 1.53. The Hall–Kier alpha value is -2.36. The number of nitrogens with zero attached hydrogens (tertiary/aromatic N) is 1. The summed E-state index contributed by atoms with van der Waals surface area (Å²) in [6.45, 7) is 2.25. The Bertz CT molecular complexity index is 845. The van der Waals surface area contributed by atoms with Gasteiger partial charge in [-0.3, -0.25) is 4.79 Å². The number of rotatable bonds is 4. The molecule has 0 radical (unpaired) electrons. The lowest BCUT2D eigenvalue weighted by atomic mass is 9.90. The first kappa shape index (κ1) is 16.1. The Morgan fingerprint density at radius 2 is 2.12 bits per heavy atom. The number of hydrogen-bond donors (Lipinski definition) is 1. The first-order valence-electron chi connectivity index (χ1n) is 9.04. The van der Waals surface area contributed by atoms with E-state index in [-0.39, 0.29) is 17.2 Å². The van der Waals surface area contributed by atoms with Crippen LogP contribution >= 0.6 is 0 Å². The molecule has 0 heterocycles. The summed E-state index contributed by atoms with van der Waals surface area (Å²) in [4.78, 5) is 12.5. The van der Waals surface area contributed by atoms with Gasteiger partial charge >= 0.3 is 0 Å². The molecule has 2 aliphatic rings. The van der Waals surface area contributed by atoms with Crippen LogP contribution in [0.4, 0.5) is 0 Å². The van der Waals surface area contributed by atoms with Gasteiger partial charge < -0.3 is 4.74 Å². The lowest BCUT2D eigenvalue weighted by Gasteiger charge is -2.15. The molecule has 4 rings (SSSR count). The van der Waals surface area contributed by atoms with Crippen molar-refractivity contribution < 1.29 is 9.53 Å². The first-order chi connectivity index (χ1) is 12.1. The number of ether oxygens (including phenoxy) is 1. The number of nitrogens with one attached hydrogen (secondary N) is 1. The molecule has 2 aromatic rings. The molecule has 0 spiro atoms. The lowest BCUT2D eigenvalue weighted by molar-refractivity contribution is -0.123. The van der Waals surface area contributed by atoms with Crippen LogP contribution in [0, 0.1) is 17.3 Å². The predicted molar refractivity (Wildman–Crippen MR) is 99.8 cm³/mol. The van der Waals surface area contributed by atoms with E-state index in [9.17, 15) is 4.79 Å². The zero-order chi connectivity index (χ0) is 17.4. The van der Waals surface area contributed by atoms with Gasteiger partial charge in [0.15, 0.2) is 0 Å². The fraction of sp³-hybridized carbons (Fsp3) is 0.429. The molecule has 2 aliphatic carbocycles. The molecule has 0 unspecified atom stereocenters. The Morgan fingerprint density at radius 3 is 2.88 bits per heavy atom. The van der Waals surface area contributed by atoms with Gasteiger partial charge in [0, 0.05) is 11.5 Å². The molecule has 130 valence electrons. The summed E-state index contributed by atoms with van der Waals surface area (Å²) in [5.41, 5.74) is 3.86. The van der Waals surface area contributed by atoms with E-state index in [1.54, 1.807) is 13.3 Å². The van der Waals surface area contributed by atoms with Crippen molar-refractivity contribution in [3.63, 3.8) is 0 Å². The molecule has 1 N–H and O–H groups in total. The molecule has 25 heavy (non-hydrogen) atoms. The number of methoxy groups -OCH3 is 1. The van der Waals surface area contributed by atoms with Crippen molar-refractivity contribution >= 4 is 22.9 Å². The highest BCUT2D eigenvalue weighted by molar-refractivity contribution is 6.02. The number of fused-ring (bicyclic) bond motifs is 2. The van der Waals surface area contributed by atoms with Gasteiger partial charge in [-0.1, -0.05) is 50.1 Å². The lowest BCUT2D eigenvalue weighted by Crippen LogP contribution is -2.22. The Morgan fingerprint density at radius 1 is 1.28 bits per heavy atom. The van der Waals surface area contributed by atoms with Crippen molar-refractivity contribution in [2.45, 2.75) is 32.6 Å². The highest BCUT2D eigenvalue weighted by Crippen LogP contribution is 2.66. The molecule has 2 saturated carbocycles. The summed E-state index contributed by atoms with van der Waals surface area (Å²) >= 11 is 0. The molecule has 0 aliphatic heterocycles. The van der Waals surface area contributed by atoms with E-state index in [0.717, 1.165) is 28.5 Å². The maximum atomic E-state index is 12.5. The van der Waals surface area contributed by atoms with Crippen molar-refractivity contribution in [3.8, 4) is 5.75 Å². The van der Waals surface area contributed by atoms with Crippen LogP contribution in [0.3, 0.4) is 0 Å². The highest BCUT2D eigenvalue weighted by atomic mass is 16.5. The molecule has 0 saturated heterocycles. The van der Waals surface area contributed by atoms with E-state index < -0.39 is 0 Å². The Kier molecular flexibility index (Phi) is 3.98. The maximum Gasteiger partial charge on any atom is 0.244 e. The predicted octanol–water partition coefficient (Wildman–Crippen LogP) is 4.12. The highest BCUT2D eigenvalue weighted by Gasteiger charge is 2.64. The number of carbonyl (C=O) groups is 1. The molecule has 0 aromatic heterocycles. The van der Waals surface area contributed by atoms with Gasteiger partial charge in [0.2, 0.25) is 5.91 Å². The van der Waals surface area contributed by atoms with E-state index >= 15 is 0 Å². The number of carbonyl (C=O) groups excluding carboxylic acids is 1. The van der Waals surface area contributed by atoms with Gasteiger partial charge in [-0.2, -0.15) is 5.10 Å². The summed E-state index contributed by atoms with van der Waals surface area (Å²) in [5.74, 6) is 1.48. The minimum absolute atomic E-state index is 0.0600. The summed E-state index contributed by atoms with van der Waals surface area (Å²) in [6, 6.07) is 12.1. The average Bonchev–Trinajstić information content (AvgIpc) is 3.27. The maximum absolute atomic E-state index is 12.5. The van der Waals surface area contributed by atoms with Gasteiger partial charge in [0.05, 0.1) is 13.3 Å². The molecule has 3 atom stereocenters. The summed E-state index contributed by atoms with van der Waals surface area (Å²) in [7, 11) is 1.65. The molecule has 0 bridgehead atoms. The van der Waals surface area contributed by atoms with Crippen molar-refractivity contribution in [2.24, 2.45) is 22.4 Å². The zero-order valence-electron chi connectivity index (χ0n) is 14.8. The smallest absolute Gasteiger partial charge is 0.244 e. The number of hydrazone groups is 1. The topological polar surface area (TPSA) is 50.7 Å². The standard InChI is InChI=1S/C21H24N2O2/c1-21-12-6-5-9-17(21)19(21)20(24)23-22-13-16-15-8-4-3-7-14(15)10-11-18(16)25-2/h3-4,7-8,10-11,13,17,19H,5-6,9,12H2,1-2H3,(H,23,24)/b22-13+/t17-,19+,21-/m1/s1. The van der Waals surface area contributed by atoms with Crippen LogP contribution in [0.5, 0.6) is 5.75 Å². The zero-order valence-corrected chi connectivity index (χ0v) is 14.8. The fourth-order valence-corrected chi connectivity index (χ4v) is 4.67. The molecule has 4 nitrogen and oxygen atoms in total. The number of benzene rings is 2. The molecular weight excluding hydrogens is 312 g/mol. The minimum atomic E-state index is 0.0600. The molecule has 4 heteroatoms. The second kappa shape index (κ2) is 6.17. The summed E-state index contributed by atoms with van der Waals surface area (Å²) < 4.78 is 5.46. The quantitative estimate of drug-likeness (QED) is 0.674. The molecular formula is C21H24N2O2. The normalized spacial score (nSPS) is 27.9. The van der Waals surface area contributed by atoms with Crippen LogP contribution in [0.15, 0.2) is 41.5 Å². The van der Waals surface area contributed by atoms with Crippen molar-refractivity contribution in [1.82, 2.24) is 5.43 Å². The third-order valence-corrected chi connectivity index (χ3v) is 6.13. The van der Waals surface area contributed by atoms with Gasteiger partial charge in [-0.05, 0) is 41.0 Å². The number of hydrogen-bond acceptors (Lipinski definition) is 3. The van der Waals surface area contributed by atoms with Crippen molar-refractivity contribution in [1.29, 1.82) is 0 Å².